The van der Waals surface area contributed by atoms with E-state index < -0.39 is 24.3 Å². The summed E-state index contributed by atoms with van der Waals surface area (Å²) in [6, 6.07) is 8.51. The summed E-state index contributed by atoms with van der Waals surface area (Å²) in [5.41, 5.74) is 3.57. The van der Waals surface area contributed by atoms with Gasteiger partial charge in [0, 0.05) is 33.6 Å². The number of imidazole rings is 2. The number of carbonyl (C=O) groups is 4. The number of methoxy groups -OCH3 is 1. The summed E-state index contributed by atoms with van der Waals surface area (Å²) in [4.78, 5) is 73.2. The molecule has 0 saturated carbocycles. The van der Waals surface area contributed by atoms with Gasteiger partial charge in [-0.3, -0.25) is 9.59 Å². The first-order valence-corrected chi connectivity index (χ1v) is 20.4. The number of benzene rings is 1. The molecule has 1 aromatic carbocycles. The van der Waals surface area contributed by atoms with Crippen LogP contribution < -0.4 is 10.6 Å². The SMILES string of the molecule is COC(=O)N[C@H](C(=O)N1C[C@@H](C)C[C@H]1c1nc2cc(-c3cc4sc(-c5c[nH]c([C@@H]6C[C@H](C)CN6C(=O)[C@@H](NC(=O)O)C(C)C)n5)cc4s3)ccc2[nH]1)C(C)C. The van der Waals surface area contributed by atoms with E-state index in [1.165, 1.54) is 7.11 Å². The van der Waals surface area contributed by atoms with Gasteiger partial charge in [0.25, 0.3) is 0 Å². The number of aromatic amines is 2. The Labute approximate surface area is 327 Å². The molecule has 2 aliphatic rings. The Morgan fingerprint density at radius 2 is 1.42 bits per heavy atom. The predicted octanol–water partition coefficient (Wildman–Crippen LogP) is 7.39. The van der Waals surface area contributed by atoms with Crippen LogP contribution in [0.25, 0.3) is 41.4 Å². The number of ether oxygens (including phenoxy) is 1. The Kier molecular flexibility index (Phi) is 10.7. The van der Waals surface area contributed by atoms with Crippen LogP contribution in [0.2, 0.25) is 0 Å². The van der Waals surface area contributed by atoms with Crippen LogP contribution in [0.1, 0.15) is 78.1 Å². The van der Waals surface area contributed by atoms with Gasteiger partial charge in [-0.15, -0.1) is 22.7 Å². The van der Waals surface area contributed by atoms with Crippen molar-refractivity contribution in [2.24, 2.45) is 23.7 Å². The van der Waals surface area contributed by atoms with E-state index in [1.54, 1.807) is 27.6 Å². The second-order valence-corrected chi connectivity index (χ2v) is 17.9. The summed E-state index contributed by atoms with van der Waals surface area (Å²) < 4.78 is 7.07. The number of hydrogen-bond acceptors (Lipinski definition) is 9. The number of aromatic nitrogens is 4. The third-order valence-corrected chi connectivity index (χ3v) is 13.0. The summed E-state index contributed by atoms with van der Waals surface area (Å²) in [5, 5.41) is 14.5. The third kappa shape index (κ3) is 7.66. The minimum absolute atomic E-state index is 0.118. The Morgan fingerprint density at radius 1 is 0.836 bits per heavy atom. The lowest BCUT2D eigenvalue weighted by molar-refractivity contribution is -0.136. The largest absolute Gasteiger partial charge is 0.465 e. The van der Waals surface area contributed by atoms with E-state index in [1.807, 2.05) is 44.9 Å². The highest BCUT2D eigenvalue weighted by Gasteiger charge is 2.41. The normalized spacial score (nSPS) is 21.2. The summed E-state index contributed by atoms with van der Waals surface area (Å²) in [5.74, 6) is 1.28. The molecule has 7 rings (SSSR count). The zero-order valence-corrected chi connectivity index (χ0v) is 33.6. The number of hydrogen-bond donors (Lipinski definition) is 5. The van der Waals surface area contributed by atoms with E-state index in [2.05, 4.69) is 58.7 Å². The van der Waals surface area contributed by atoms with E-state index in [-0.39, 0.29) is 47.6 Å². The van der Waals surface area contributed by atoms with Crippen LogP contribution >= 0.6 is 22.7 Å². The molecule has 2 fully saturated rings. The smallest absolute Gasteiger partial charge is 0.407 e. The molecule has 2 saturated heterocycles. The van der Waals surface area contributed by atoms with E-state index in [0.717, 1.165) is 60.1 Å². The number of carboxylic acid groups (broad SMARTS) is 1. The minimum atomic E-state index is -1.21. The Balaban J connectivity index is 1.08. The second kappa shape index (κ2) is 15.3. The van der Waals surface area contributed by atoms with Crippen molar-refractivity contribution in [2.45, 2.75) is 78.6 Å². The molecule has 5 aromatic rings. The fraction of sp³-hybridized carbons (Fsp3) is 0.487. The highest BCUT2D eigenvalue weighted by atomic mass is 32.1. The maximum Gasteiger partial charge on any atom is 0.407 e. The third-order valence-electron chi connectivity index (χ3n) is 10.7. The predicted molar refractivity (Wildman–Crippen MR) is 213 cm³/mol. The fourth-order valence-corrected chi connectivity index (χ4v) is 10.2. The first-order valence-electron chi connectivity index (χ1n) is 18.7. The standard InChI is InChI=1S/C39H48N8O6S2/c1-18(2)32(44-38(50)51)36(48)46-16-20(5)10-26(46)34-40-15-25(43-34)29-14-31-30(55-29)13-28(54-31)22-8-9-23-24(12-22)42-35(41-23)27-11-21(6)17-47(27)37(49)33(19(3)4)45-39(52)53-7/h8-9,12-15,18-21,26-27,32-33,44H,10-11,16-17H2,1-7H3,(H,40,43)(H,41,42)(H,45,52)(H,50,51)/t20-,21-,26-,27-,32-,33-/m0/s1. The van der Waals surface area contributed by atoms with E-state index in [0.29, 0.717) is 18.9 Å². The van der Waals surface area contributed by atoms with Crippen molar-refractivity contribution < 1.29 is 29.0 Å². The van der Waals surface area contributed by atoms with Crippen molar-refractivity contribution in [1.29, 1.82) is 0 Å². The molecule has 5 N–H and O–H groups in total. The van der Waals surface area contributed by atoms with Crippen molar-refractivity contribution in [3.63, 3.8) is 0 Å². The van der Waals surface area contributed by atoms with Crippen LogP contribution in [0, 0.1) is 23.7 Å². The van der Waals surface area contributed by atoms with Gasteiger partial charge in [0.05, 0.1) is 40.8 Å². The van der Waals surface area contributed by atoms with Gasteiger partial charge >= 0.3 is 12.2 Å². The number of H-pyrrole nitrogens is 2. The van der Waals surface area contributed by atoms with Gasteiger partial charge in [-0.25, -0.2) is 19.6 Å². The van der Waals surface area contributed by atoms with E-state index in [4.69, 9.17) is 14.7 Å². The van der Waals surface area contributed by atoms with Gasteiger partial charge < -0.3 is 40.2 Å². The molecule has 6 heterocycles. The molecule has 0 radical (unpaired) electrons. The van der Waals surface area contributed by atoms with Crippen LogP contribution in [0.5, 0.6) is 0 Å². The molecule has 0 bridgehead atoms. The van der Waals surface area contributed by atoms with E-state index in [9.17, 15) is 24.3 Å². The van der Waals surface area contributed by atoms with Crippen molar-refractivity contribution in [1.82, 2.24) is 40.4 Å². The minimum Gasteiger partial charge on any atom is -0.465 e. The highest BCUT2D eigenvalue weighted by Crippen LogP contribution is 2.43. The lowest BCUT2D eigenvalue weighted by atomic mass is 10.0. The highest BCUT2D eigenvalue weighted by molar-refractivity contribution is 7.31. The van der Waals surface area contributed by atoms with Gasteiger partial charge in [-0.05, 0) is 66.3 Å². The van der Waals surface area contributed by atoms with Crippen molar-refractivity contribution in [3.05, 3.63) is 48.2 Å². The van der Waals surface area contributed by atoms with Crippen molar-refractivity contribution in [3.8, 4) is 21.0 Å². The molecule has 14 nitrogen and oxygen atoms in total. The van der Waals surface area contributed by atoms with Gasteiger partial charge in [0.1, 0.15) is 23.7 Å². The molecule has 4 amide bonds. The quantitative estimate of drug-likeness (QED) is 0.0970. The van der Waals surface area contributed by atoms with Crippen LogP contribution in [0.4, 0.5) is 9.59 Å². The number of carbonyl (C=O) groups excluding carboxylic acids is 3. The maximum atomic E-state index is 13.8. The average molecular weight is 789 g/mol. The molecule has 292 valence electrons. The zero-order valence-electron chi connectivity index (χ0n) is 32.0. The molecule has 55 heavy (non-hydrogen) atoms. The van der Waals surface area contributed by atoms with Gasteiger partial charge in [0.15, 0.2) is 0 Å². The Morgan fingerprint density at radius 3 is 2.02 bits per heavy atom. The fourth-order valence-electron chi connectivity index (χ4n) is 7.88. The van der Waals surface area contributed by atoms with Crippen LogP contribution in [0.3, 0.4) is 0 Å². The number of likely N-dealkylation sites (tertiary alicyclic amines) is 2. The molecule has 16 heteroatoms. The number of nitrogens with zero attached hydrogens (tertiary/aromatic N) is 4. The number of thiophene rings is 2. The average Bonchev–Trinajstić information content (AvgIpc) is 3.98. The molecule has 6 atom stereocenters. The molecular weight excluding hydrogens is 741 g/mol. The topological polar surface area (TPSA) is 186 Å². The first kappa shape index (κ1) is 38.3. The molecule has 2 aliphatic heterocycles. The molecule has 0 spiro atoms. The van der Waals surface area contributed by atoms with Gasteiger partial charge in [-0.2, -0.15) is 0 Å². The molecule has 0 aliphatic carbocycles. The summed E-state index contributed by atoms with van der Waals surface area (Å²) in [6.45, 7) is 12.8. The van der Waals surface area contributed by atoms with Gasteiger partial charge in [0.2, 0.25) is 11.8 Å². The number of amides is 4. The lowest BCUT2D eigenvalue weighted by Gasteiger charge is -2.30. The van der Waals surface area contributed by atoms with E-state index >= 15 is 0 Å². The summed E-state index contributed by atoms with van der Waals surface area (Å²) >= 11 is 3.36. The van der Waals surface area contributed by atoms with Crippen molar-refractivity contribution >= 4 is 67.1 Å². The van der Waals surface area contributed by atoms with Crippen LogP contribution in [-0.4, -0.2) is 91.1 Å². The number of nitrogens with one attached hydrogen (secondary N) is 4. The number of alkyl carbamates (subject to hydrolysis) is 1. The Bertz CT molecular complexity index is 2210. The summed E-state index contributed by atoms with van der Waals surface area (Å²) in [6.07, 6.45) is 1.55. The monoisotopic (exact) mass is 788 g/mol. The summed E-state index contributed by atoms with van der Waals surface area (Å²) in [7, 11) is 1.29. The second-order valence-electron chi connectivity index (χ2n) is 15.7. The van der Waals surface area contributed by atoms with Crippen LogP contribution in [0.15, 0.2) is 36.5 Å². The van der Waals surface area contributed by atoms with Crippen LogP contribution in [-0.2, 0) is 14.3 Å². The molecule has 4 aromatic heterocycles. The molecular formula is C39H48N8O6S2. The molecule has 0 unspecified atom stereocenters. The first-order chi connectivity index (χ1) is 26.2. The van der Waals surface area contributed by atoms with Crippen molar-refractivity contribution in [2.75, 3.05) is 20.2 Å². The Hall–Kier alpha value is -4.96. The maximum absolute atomic E-state index is 13.8. The lowest BCUT2D eigenvalue weighted by Crippen LogP contribution is -2.51. The van der Waals surface area contributed by atoms with Gasteiger partial charge in [-0.1, -0.05) is 47.6 Å². The number of rotatable bonds is 10. The number of fused-ring (bicyclic) bond motifs is 2. The zero-order chi connectivity index (χ0) is 39.3.